The Bertz CT molecular complexity index is 746. The van der Waals surface area contributed by atoms with Gasteiger partial charge in [-0.15, -0.1) is 0 Å². The number of benzene rings is 1. The van der Waals surface area contributed by atoms with Crippen molar-refractivity contribution in [1.29, 1.82) is 5.26 Å². The van der Waals surface area contributed by atoms with Crippen LogP contribution in [0.1, 0.15) is 18.4 Å². The minimum absolute atomic E-state index is 0.0230. The number of amides is 1. The largest absolute Gasteiger partial charge is 0.395 e. The monoisotopic (exact) mass is 325 g/mol. The van der Waals surface area contributed by atoms with Crippen molar-refractivity contribution in [2.24, 2.45) is 0 Å². The van der Waals surface area contributed by atoms with Crippen LogP contribution in [0.2, 0.25) is 0 Å². The van der Waals surface area contributed by atoms with Gasteiger partial charge in [0.25, 0.3) is 0 Å². The van der Waals surface area contributed by atoms with Crippen molar-refractivity contribution in [3.63, 3.8) is 0 Å². The highest BCUT2D eigenvalue weighted by molar-refractivity contribution is 5.93. The molecule has 1 heterocycles. The zero-order valence-corrected chi connectivity index (χ0v) is 13.2. The molecule has 1 aromatic carbocycles. The summed E-state index contributed by atoms with van der Waals surface area (Å²) in [5.41, 5.74) is 1.08. The van der Waals surface area contributed by atoms with E-state index < -0.39 is 0 Å². The van der Waals surface area contributed by atoms with Gasteiger partial charge in [-0.1, -0.05) is 18.2 Å². The second-order valence-corrected chi connectivity index (χ2v) is 5.74. The summed E-state index contributed by atoms with van der Waals surface area (Å²) in [7, 11) is 0. The molecule has 1 aliphatic rings. The van der Waals surface area contributed by atoms with Crippen molar-refractivity contribution in [3.8, 4) is 11.8 Å². The first-order valence-corrected chi connectivity index (χ1v) is 7.91. The van der Waals surface area contributed by atoms with E-state index in [4.69, 9.17) is 5.11 Å². The standard InChI is InChI=1S/C17H19N5O2/c18-10-13-11-19-22(15-4-2-1-3-5-15)17(13)20-16(24)12-21(8-9-23)14-6-7-14/h1-5,11,14,23H,6-9,12H2,(H,20,24). The fraction of sp³-hybridized carbons (Fsp3) is 0.353. The Kier molecular flexibility index (Phi) is 4.89. The number of rotatable bonds is 7. The van der Waals surface area contributed by atoms with E-state index in [1.54, 1.807) is 4.68 Å². The predicted octanol–water partition coefficient (Wildman–Crippen LogP) is 1.14. The van der Waals surface area contributed by atoms with Gasteiger partial charge in [0.1, 0.15) is 11.6 Å². The van der Waals surface area contributed by atoms with Crippen molar-refractivity contribution in [3.05, 3.63) is 42.1 Å². The normalized spacial score (nSPS) is 13.7. The molecule has 2 N–H and O–H groups in total. The third-order valence-electron chi connectivity index (χ3n) is 3.95. The maximum atomic E-state index is 12.4. The van der Waals surface area contributed by atoms with Crippen LogP contribution in [0.15, 0.2) is 36.5 Å². The Labute approximate surface area is 140 Å². The summed E-state index contributed by atoms with van der Waals surface area (Å²) in [5, 5.41) is 25.4. The molecule has 1 aromatic heterocycles. The van der Waals surface area contributed by atoms with Crippen LogP contribution in [0.5, 0.6) is 0 Å². The number of carbonyl (C=O) groups is 1. The van der Waals surface area contributed by atoms with Crippen LogP contribution < -0.4 is 5.32 Å². The van der Waals surface area contributed by atoms with Gasteiger partial charge in [-0.25, -0.2) is 4.68 Å². The number of para-hydroxylation sites is 1. The molecule has 7 heteroatoms. The second-order valence-electron chi connectivity index (χ2n) is 5.74. The molecule has 0 bridgehead atoms. The van der Waals surface area contributed by atoms with Gasteiger partial charge in [-0.2, -0.15) is 10.4 Å². The van der Waals surface area contributed by atoms with E-state index in [0.717, 1.165) is 18.5 Å². The van der Waals surface area contributed by atoms with E-state index in [0.29, 0.717) is 24.0 Å². The summed E-state index contributed by atoms with van der Waals surface area (Å²) >= 11 is 0. The van der Waals surface area contributed by atoms with Crippen molar-refractivity contribution >= 4 is 11.7 Å². The lowest BCUT2D eigenvalue weighted by Crippen LogP contribution is -2.37. The third kappa shape index (κ3) is 3.62. The van der Waals surface area contributed by atoms with E-state index in [-0.39, 0.29) is 19.1 Å². The number of carbonyl (C=O) groups excluding carboxylic acids is 1. The number of nitriles is 1. The zero-order valence-electron chi connectivity index (χ0n) is 13.2. The molecule has 0 radical (unpaired) electrons. The summed E-state index contributed by atoms with van der Waals surface area (Å²) in [6.45, 7) is 0.687. The van der Waals surface area contributed by atoms with E-state index in [1.807, 2.05) is 35.2 Å². The van der Waals surface area contributed by atoms with Gasteiger partial charge in [-0.05, 0) is 25.0 Å². The Morgan fingerprint density at radius 3 is 2.79 bits per heavy atom. The lowest BCUT2D eigenvalue weighted by molar-refractivity contribution is -0.117. The van der Waals surface area contributed by atoms with Crippen molar-refractivity contribution in [2.45, 2.75) is 18.9 Å². The molecule has 0 unspecified atom stereocenters. The number of nitrogens with zero attached hydrogens (tertiary/aromatic N) is 4. The van der Waals surface area contributed by atoms with Gasteiger partial charge in [0.05, 0.1) is 25.0 Å². The average molecular weight is 325 g/mol. The maximum absolute atomic E-state index is 12.4. The van der Waals surface area contributed by atoms with Gasteiger partial charge in [0, 0.05) is 12.6 Å². The number of anilines is 1. The Balaban J connectivity index is 1.77. The summed E-state index contributed by atoms with van der Waals surface area (Å²) in [6, 6.07) is 11.8. The predicted molar refractivity (Wildman–Crippen MR) is 88.6 cm³/mol. The zero-order chi connectivity index (χ0) is 16.9. The molecule has 2 aromatic rings. The molecular weight excluding hydrogens is 306 g/mol. The molecule has 7 nitrogen and oxygen atoms in total. The van der Waals surface area contributed by atoms with Crippen molar-refractivity contribution in [2.75, 3.05) is 25.0 Å². The fourth-order valence-corrected chi connectivity index (χ4v) is 2.63. The number of nitrogens with one attached hydrogen (secondary N) is 1. The van der Waals surface area contributed by atoms with Crippen LogP contribution in [-0.4, -0.2) is 51.4 Å². The van der Waals surface area contributed by atoms with Crippen LogP contribution in [0.4, 0.5) is 5.82 Å². The first-order valence-electron chi connectivity index (χ1n) is 7.91. The fourth-order valence-electron chi connectivity index (χ4n) is 2.63. The lowest BCUT2D eigenvalue weighted by Gasteiger charge is -2.20. The molecule has 1 fully saturated rings. The number of hydrogen-bond acceptors (Lipinski definition) is 5. The van der Waals surface area contributed by atoms with E-state index in [9.17, 15) is 10.1 Å². The molecule has 0 spiro atoms. The van der Waals surface area contributed by atoms with Gasteiger partial charge in [-0.3, -0.25) is 9.69 Å². The molecule has 1 amide bonds. The van der Waals surface area contributed by atoms with E-state index in [1.165, 1.54) is 6.20 Å². The topological polar surface area (TPSA) is 94.2 Å². The first-order chi connectivity index (χ1) is 11.7. The van der Waals surface area contributed by atoms with Crippen LogP contribution in [0.3, 0.4) is 0 Å². The van der Waals surface area contributed by atoms with E-state index >= 15 is 0 Å². The Morgan fingerprint density at radius 2 is 2.17 bits per heavy atom. The molecule has 124 valence electrons. The molecule has 3 rings (SSSR count). The number of aliphatic hydroxyl groups is 1. The van der Waals surface area contributed by atoms with Crippen LogP contribution in [0.25, 0.3) is 5.69 Å². The molecule has 0 atom stereocenters. The molecule has 1 aliphatic carbocycles. The number of hydrogen-bond donors (Lipinski definition) is 2. The smallest absolute Gasteiger partial charge is 0.239 e. The van der Waals surface area contributed by atoms with Gasteiger partial charge < -0.3 is 10.4 Å². The highest BCUT2D eigenvalue weighted by Crippen LogP contribution is 2.26. The highest BCUT2D eigenvalue weighted by atomic mass is 16.3. The Hall–Kier alpha value is -2.69. The van der Waals surface area contributed by atoms with Crippen LogP contribution in [-0.2, 0) is 4.79 Å². The van der Waals surface area contributed by atoms with Crippen LogP contribution >= 0.6 is 0 Å². The van der Waals surface area contributed by atoms with Gasteiger partial charge >= 0.3 is 0 Å². The maximum Gasteiger partial charge on any atom is 0.239 e. The molecule has 24 heavy (non-hydrogen) atoms. The minimum Gasteiger partial charge on any atom is -0.395 e. The highest BCUT2D eigenvalue weighted by Gasteiger charge is 2.30. The van der Waals surface area contributed by atoms with Gasteiger partial charge in [0.15, 0.2) is 5.82 Å². The molecule has 1 saturated carbocycles. The second kappa shape index (κ2) is 7.25. The molecular formula is C17H19N5O2. The quantitative estimate of drug-likeness (QED) is 0.796. The van der Waals surface area contributed by atoms with Crippen molar-refractivity contribution in [1.82, 2.24) is 14.7 Å². The minimum atomic E-state index is -0.218. The van der Waals surface area contributed by atoms with Gasteiger partial charge in [0.2, 0.25) is 5.91 Å². The average Bonchev–Trinajstić information content (AvgIpc) is 3.37. The Morgan fingerprint density at radius 1 is 1.42 bits per heavy atom. The summed E-state index contributed by atoms with van der Waals surface area (Å²) < 4.78 is 1.55. The number of aliphatic hydroxyl groups excluding tert-OH is 1. The molecule has 0 saturated heterocycles. The number of aromatic nitrogens is 2. The van der Waals surface area contributed by atoms with Crippen LogP contribution in [0, 0.1) is 11.3 Å². The summed E-state index contributed by atoms with van der Waals surface area (Å²) in [4.78, 5) is 14.4. The lowest BCUT2D eigenvalue weighted by atomic mass is 10.3. The third-order valence-corrected chi connectivity index (χ3v) is 3.95. The SMILES string of the molecule is N#Cc1cnn(-c2ccccc2)c1NC(=O)CN(CCO)C1CC1. The van der Waals surface area contributed by atoms with E-state index in [2.05, 4.69) is 16.5 Å². The first kappa shape index (κ1) is 16.2. The molecule has 0 aliphatic heterocycles. The summed E-state index contributed by atoms with van der Waals surface area (Å²) in [5.74, 6) is 0.151. The summed E-state index contributed by atoms with van der Waals surface area (Å²) in [6.07, 6.45) is 3.55. The van der Waals surface area contributed by atoms with Crippen molar-refractivity contribution < 1.29 is 9.90 Å².